The van der Waals surface area contributed by atoms with Crippen LogP contribution in [0, 0.1) is 5.92 Å². The maximum atomic E-state index is 12.0. The molecule has 0 aromatic carbocycles. The largest absolute Gasteiger partial charge is 0.480 e. The predicted molar refractivity (Wildman–Crippen MR) is 70.8 cm³/mol. The van der Waals surface area contributed by atoms with E-state index in [4.69, 9.17) is 0 Å². The second kappa shape index (κ2) is 5.44. The zero-order chi connectivity index (χ0) is 13.9. The smallest absolute Gasteiger partial charge is 0.323 e. The van der Waals surface area contributed by atoms with Gasteiger partial charge in [-0.15, -0.1) is 0 Å². The van der Waals surface area contributed by atoms with E-state index < -0.39 is 11.5 Å². The summed E-state index contributed by atoms with van der Waals surface area (Å²) in [6.45, 7) is 0. The van der Waals surface area contributed by atoms with Crippen LogP contribution >= 0.6 is 0 Å². The van der Waals surface area contributed by atoms with E-state index in [1.54, 1.807) is 19.3 Å². The van der Waals surface area contributed by atoms with E-state index in [0.717, 1.165) is 0 Å². The number of anilines is 1. The molecule has 0 bridgehead atoms. The van der Waals surface area contributed by atoms with Gasteiger partial charge in [-0.2, -0.15) is 0 Å². The van der Waals surface area contributed by atoms with Gasteiger partial charge in [-0.05, 0) is 44.9 Å². The van der Waals surface area contributed by atoms with Crippen molar-refractivity contribution in [1.29, 1.82) is 0 Å². The van der Waals surface area contributed by atoms with Gasteiger partial charge in [0.25, 0.3) is 0 Å². The number of H-pyrrole nitrogens is 1. The van der Waals surface area contributed by atoms with Crippen molar-refractivity contribution >= 4 is 17.7 Å². The number of hydrogen-bond acceptors (Lipinski definition) is 3. The minimum Gasteiger partial charge on any atom is -0.480 e. The number of aliphatic carboxylic acids is 1. The van der Waals surface area contributed by atoms with Crippen LogP contribution in [0.2, 0.25) is 0 Å². The molecule has 1 aromatic rings. The lowest BCUT2D eigenvalue weighted by atomic mass is 9.76. The van der Waals surface area contributed by atoms with Crippen molar-refractivity contribution in [2.45, 2.75) is 31.2 Å². The van der Waals surface area contributed by atoms with Crippen LogP contribution in [-0.4, -0.2) is 34.6 Å². The molecule has 0 saturated heterocycles. The first-order valence-corrected chi connectivity index (χ1v) is 6.44. The number of aromatic nitrogens is 1. The molecule has 1 amide bonds. The molecule has 1 saturated carbocycles. The van der Waals surface area contributed by atoms with Gasteiger partial charge in [-0.3, -0.25) is 9.59 Å². The standard InChI is InChI=1S/C13H19N3O3/c1-14-13(12(18)19)6-4-9(5-7-13)11(17)16-10-3-2-8-15-10/h2-3,8-9,14-15H,4-7H2,1H3,(H,16,17)(H,18,19). The minimum absolute atomic E-state index is 0.0439. The minimum atomic E-state index is -0.872. The Bertz CT molecular complexity index is 448. The summed E-state index contributed by atoms with van der Waals surface area (Å²) in [4.78, 5) is 26.2. The second-order valence-corrected chi connectivity index (χ2v) is 4.98. The van der Waals surface area contributed by atoms with Crippen molar-refractivity contribution in [2.24, 2.45) is 5.92 Å². The van der Waals surface area contributed by atoms with E-state index in [0.29, 0.717) is 31.5 Å². The average molecular weight is 265 g/mol. The van der Waals surface area contributed by atoms with E-state index in [1.807, 2.05) is 6.07 Å². The van der Waals surface area contributed by atoms with Crippen molar-refractivity contribution in [3.05, 3.63) is 18.3 Å². The molecule has 104 valence electrons. The van der Waals surface area contributed by atoms with Gasteiger partial charge in [-0.25, -0.2) is 0 Å². The van der Waals surface area contributed by atoms with Crippen molar-refractivity contribution in [2.75, 3.05) is 12.4 Å². The topological polar surface area (TPSA) is 94.2 Å². The van der Waals surface area contributed by atoms with Crippen molar-refractivity contribution in [3.8, 4) is 0 Å². The molecule has 0 unspecified atom stereocenters. The van der Waals surface area contributed by atoms with Gasteiger partial charge in [0, 0.05) is 12.1 Å². The lowest BCUT2D eigenvalue weighted by molar-refractivity contribution is -0.147. The fourth-order valence-electron chi connectivity index (χ4n) is 2.59. The van der Waals surface area contributed by atoms with Crippen LogP contribution in [0.1, 0.15) is 25.7 Å². The molecule has 0 atom stereocenters. The van der Waals surface area contributed by atoms with Gasteiger partial charge < -0.3 is 20.7 Å². The summed E-state index contributed by atoms with van der Waals surface area (Å²) in [5.41, 5.74) is -0.872. The summed E-state index contributed by atoms with van der Waals surface area (Å²) >= 11 is 0. The number of hydrogen-bond donors (Lipinski definition) is 4. The van der Waals surface area contributed by atoms with E-state index in [-0.39, 0.29) is 11.8 Å². The normalized spacial score (nSPS) is 26.9. The molecule has 1 aromatic heterocycles. The Balaban J connectivity index is 1.92. The molecule has 0 spiro atoms. The summed E-state index contributed by atoms with van der Waals surface area (Å²) in [7, 11) is 1.66. The number of aromatic amines is 1. The molecule has 2 rings (SSSR count). The monoisotopic (exact) mass is 265 g/mol. The summed E-state index contributed by atoms with van der Waals surface area (Å²) in [6, 6.07) is 3.60. The summed E-state index contributed by atoms with van der Waals surface area (Å²) in [6.07, 6.45) is 3.86. The van der Waals surface area contributed by atoms with Gasteiger partial charge in [0.05, 0.1) is 0 Å². The fourth-order valence-corrected chi connectivity index (χ4v) is 2.59. The third-order valence-corrected chi connectivity index (χ3v) is 3.95. The van der Waals surface area contributed by atoms with E-state index in [9.17, 15) is 14.7 Å². The second-order valence-electron chi connectivity index (χ2n) is 4.98. The number of carboxylic acids is 1. The Morgan fingerprint density at radius 1 is 1.42 bits per heavy atom. The molecule has 6 heteroatoms. The van der Waals surface area contributed by atoms with Crippen LogP contribution in [0.4, 0.5) is 5.82 Å². The molecule has 1 heterocycles. The Hall–Kier alpha value is -1.82. The predicted octanol–water partition coefficient (Wildman–Crippen LogP) is 1.19. The number of amides is 1. The van der Waals surface area contributed by atoms with Crippen LogP contribution in [0.3, 0.4) is 0 Å². The van der Waals surface area contributed by atoms with Crippen molar-refractivity contribution in [3.63, 3.8) is 0 Å². The first kappa shape index (κ1) is 13.6. The summed E-state index contributed by atoms with van der Waals surface area (Å²) in [5, 5.41) is 14.9. The molecule has 0 aliphatic heterocycles. The van der Waals surface area contributed by atoms with Crippen LogP contribution in [-0.2, 0) is 9.59 Å². The molecule has 19 heavy (non-hydrogen) atoms. The Morgan fingerprint density at radius 2 is 2.11 bits per heavy atom. The first-order valence-electron chi connectivity index (χ1n) is 6.44. The molecular weight excluding hydrogens is 246 g/mol. The van der Waals surface area contributed by atoms with Gasteiger partial charge in [0.15, 0.2) is 0 Å². The quantitative estimate of drug-likeness (QED) is 0.657. The van der Waals surface area contributed by atoms with Crippen LogP contribution in [0.5, 0.6) is 0 Å². The van der Waals surface area contributed by atoms with Gasteiger partial charge in [-0.1, -0.05) is 0 Å². The third kappa shape index (κ3) is 2.78. The molecule has 6 nitrogen and oxygen atoms in total. The highest BCUT2D eigenvalue weighted by Crippen LogP contribution is 2.32. The maximum Gasteiger partial charge on any atom is 0.323 e. The lowest BCUT2D eigenvalue weighted by Gasteiger charge is -2.35. The van der Waals surface area contributed by atoms with Gasteiger partial charge >= 0.3 is 5.97 Å². The van der Waals surface area contributed by atoms with E-state index in [1.165, 1.54) is 0 Å². The highest BCUT2D eigenvalue weighted by atomic mass is 16.4. The van der Waals surface area contributed by atoms with Crippen molar-refractivity contribution < 1.29 is 14.7 Å². The molecule has 1 aliphatic carbocycles. The summed E-state index contributed by atoms with van der Waals surface area (Å²) < 4.78 is 0. The van der Waals surface area contributed by atoms with Gasteiger partial charge in [0.1, 0.15) is 11.4 Å². The van der Waals surface area contributed by atoms with Crippen LogP contribution < -0.4 is 10.6 Å². The van der Waals surface area contributed by atoms with E-state index >= 15 is 0 Å². The zero-order valence-electron chi connectivity index (χ0n) is 10.9. The lowest BCUT2D eigenvalue weighted by Crippen LogP contribution is -2.53. The Kier molecular flexibility index (Phi) is 3.90. The molecular formula is C13H19N3O3. The van der Waals surface area contributed by atoms with Crippen LogP contribution in [0.15, 0.2) is 18.3 Å². The average Bonchev–Trinajstić information content (AvgIpc) is 2.91. The zero-order valence-corrected chi connectivity index (χ0v) is 10.9. The third-order valence-electron chi connectivity index (χ3n) is 3.95. The number of carbonyl (C=O) groups excluding carboxylic acids is 1. The van der Waals surface area contributed by atoms with Crippen molar-refractivity contribution in [1.82, 2.24) is 10.3 Å². The number of nitrogens with one attached hydrogen (secondary N) is 3. The molecule has 4 N–H and O–H groups in total. The molecule has 0 radical (unpaired) electrons. The highest BCUT2D eigenvalue weighted by molar-refractivity contribution is 5.92. The first-order chi connectivity index (χ1) is 9.07. The number of carbonyl (C=O) groups is 2. The SMILES string of the molecule is CNC1(C(=O)O)CCC(C(=O)Nc2ccc[nH]2)CC1. The number of carboxylic acid groups (broad SMARTS) is 1. The Labute approximate surface area is 111 Å². The van der Waals surface area contributed by atoms with Gasteiger partial charge in [0.2, 0.25) is 5.91 Å². The van der Waals surface area contributed by atoms with Crippen LogP contribution in [0.25, 0.3) is 0 Å². The number of rotatable bonds is 4. The number of likely N-dealkylation sites (N-methyl/N-ethyl adjacent to an activating group) is 1. The molecule has 1 aliphatic rings. The van der Waals surface area contributed by atoms with E-state index in [2.05, 4.69) is 15.6 Å². The highest BCUT2D eigenvalue weighted by Gasteiger charge is 2.42. The summed E-state index contributed by atoms with van der Waals surface area (Å²) in [5.74, 6) is -0.325. The maximum absolute atomic E-state index is 12.0. The Morgan fingerprint density at radius 3 is 2.58 bits per heavy atom. The fraction of sp³-hybridized carbons (Fsp3) is 0.538. The molecule has 1 fully saturated rings.